The standard InChI is InChI=1S/C20H13Cl2N3O2/c21-14-7-4-8-15(22)18(14)19-24-16-10-9-13(11-17(16)25-19)27-20(26)23-12-5-2-1-3-6-12/h1-11H,(H,23,26)(H,24,25). The maximum atomic E-state index is 12.0. The van der Waals surface area contributed by atoms with Gasteiger partial charge in [0.1, 0.15) is 11.6 Å². The van der Waals surface area contributed by atoms with Gasteiger partial charge >= 0.3 is 6.09 Å². The van der Waals surface area contributed by atoms with Gasteiger partial charge in [-0.15, -0.1) is 0 Å². The molecule has 2 N–H and O–H groups in total. The number of benzene rings is 3. The maximum Gasteiger partial charge on any atom is 0.417 e. The molecule has 1 aromatic heterocycles. The van der Waals surface area contributed by atoms with Gasteiger partial charge in [-0.3, -0.25) is 5.32 Å². The monoisotopic (exact) mass is 397 g/mol. The van der Waals surface area contributed by atoms with E-state index in [0.717, 1.165) is 0 Å². The van der Waals surface area contributed by atoms with E-state index in [-0.39, 0.29) is 0 Å². The average Bonchev–Trinajstić information content (AvgIpc) is 3.05. The van der Waals surface area contributed by atoms with Crippen molar-refractivity contribution < 1.29 is 9.53 Å². The summed E-state index contributed by atoms with van der Waals surface area (Å²) in [6.45, 7) is 0. The summed E-state index contributed by atoms with van der Waals surface area (Å²) < 4.78 is 5.34. The van der Waals surface area contributed by atoms with Crippen LogP contribution in [0.4, 0.5) is 10.5 Å². The van der Waals surface area contributed by atoms with Gasteiger partial charge in [0.2, 0.25) is 0 Å². The molecule has 4 rings (SSSR count). The van der Waals surface area contributed by atoms with Crippen molar-refractivity contribution >= 4 is 46.0 Å². The van der Waals surface area contributed by atoms with Gasteiger partial charge in [-0.25, -0.2) is 9.78 Å². The summed E-state index contributed by atoms with van der Waals surface area (Å²) in [5, 5.41) is 3.66. The van der Waals surface area contributed by atoms with Gasteiger partial charge in [-0.2, -0.15) is 0 Å². The van der Waals surface area contributed by atoms with Crippen LogP contribution >= 0.6 is 23.2 Å². The van der Waals surface area contributed by atoms with Gasteiger partial charge in [0.05, 0.1) is 26.6 Å². The molecular formula is C20H13Cl2N3O2. The van der Waals surface area contributed by atoms with Gasteiger partial charge < -0.3 is 9.72 Å². The number of imidazole rings is 1. The van der Waals surface area contributed by atoms with Crippen molar-refractivity contribution in [2.24, 2.45) is 0 Å². The van der Waals surface area contributed by atoms with Crippen LogP contribution in [0.15, 0.2) is 66.7 Å². The van der Waals surface area contributed by atoms with E-state index in [1.165, 1.54) is 0 Å². The molecule has 0 aliphatic rings. The summed E-state index contributed by atoms with van der Waals surface area (Å²) in [4.78, 5) is 19.7. The first kappa shape index (κ1) is 17.4. The number of fused-ring (bicyclic) bond motifs is 1. The van der Waals surface area contributed by atoms with E-state index >= 15 is 0 Å². The van der Waals surface area contributed by atoms with Crippen molar-refractivity contribution in [3.05, 3.63) is 76.8 Å². The number of ether oxygens (including phenoxy) is 1. The van der Waals surface area contributed by atoms with Gasteiger partial charge in [0.15, 0.2) is 0 Å². The zero-order valence-corrected chi connectivity index (χ0v) is 15.4. The lowest BCUT2D eigenvalue weighted by Crippen LogP contribution is -2.16. The number of nitrogens with zero attached hydrogens (tertiary/aromatic N) is 1. The van der Waals surface area contributed by atoms with Crippen molar-refractivity contribution in [3.8, 4) is 17.1 Å². The normalized spacial score (nSPS) is 10.7. The first-order valence-electron chi connectivity index (χ1n) is 8.08. The Bertz CT molecular complexity index is 1110. The van der Waals surface area contributed by atoms with Crippen molar-refractivity contribution in [3.63, 3.8) is 0 Å². The fourth-order valence-electron chi connectivity index (χ4n) is 2.67. The van der Waals surface area contributed by atoms with Crippen LogP contribution in [0.25, 0.3) is 22.4 Å². The summed E-state index contributed by atoms with van der Waals surface area (Å²) in [6.07, 6.45) is -0.575. The smallest absolute Gasteiger partial charge is 0.410 e. The molecule has 0 bridgehead atoms. The first-order chi connectivity index (χ1) is 13.1. The van der Waals surface area contributed by atoms with Crippen LogP contribution in [0.2, 0.25) is 10.0 Å². The maximum absolute atomic E-state index is 12.0. The number of halogens is 2. The number of hydrogen-bond donors (Lipinski definition) is 2. The minimum Gasteiger partial charge on any atom is -0.410 e. The second kappa shape index (κ2) is 7.31. The van der Waals surface area contributed by atoms with E-state index in [1.54, 1.807) is 48.5 Å². The van der Waals surface area contributed by atoms with E-state index in [9.17, 15) is 4.79 Å². The third-order valence-corrected chi connectivity index (χ3v) is 4.51. The second-order valence-electron chi connectivity index (χ2n) is 5.74. The van der Waals surface area contributed by atoms with Crippen LogP contribution < -0.4 is 10.1 Å². The molecule has 0 fully saturated rings. The molecule has 0 saturated heterocycles. The van der Waals surface area contributed by atoms with Gasteiger partial charge in [0.25, 0.3) is 0 Å². The third-order valence-electron chi connectivity index (χ3n) is 3.88. The van der Waals surface area contributed by atoms with Crippen LogP contribution in [-0.2, 0) is 0 Å². The Balaban J connectivity index is 1.59. The average molecular weight is 398 g/mol. The minimum absolute atomic E-state index is 0.386. The Morgan fingerprint density at radius 3 is 2.44 bits per heavy atom. The largest absolute Gasteiger partial charge is 0.417 e. The molecule has 0 aliphatic heterocycles. The van der Waals surface area contributed by atoms with Crippen LogP contribution in [0, 0.1) is 0 Å². The van der Waals surface area contributed by atoms with Crippen molar-refractivity contribution in [2.75, 3.05) is 5.32 Å². The Morgan fingerprint density at radius 1 is 0.963 bits per heavy atom. The van der Waals surface area contributed by atoms with Crippen molar-refractivity contribution in [1.82, 2.24) is 9.97 Å². The lowest BCUT2D eigenvalue weighted by atomic mass is 10.2. The van der Waals surface area contributed by atoms with E-state index in [2.05, 4.69) is 15.3 Å². The van der Waals surface area contributed by atoms with Crippen LogP contribution in [0.1, 0.15) is 0 Å². The van der Waals surface area contributed by atoms with Gasteiger partial charge in [-0.1, -0.05) is 47.5 Å². The molecule has 1 amide bonds. The predicted octanol–water partition coefficient (Wildman–Crippen LogP) is 6.15. The number of carbonyl (C=O) groups is 1. The molecule has 134 valence electrons. The number of amides is 1. The summed E-state index contributed by atoms with van der Waals surface area (Å²) in [7, 11) is 0. The number of carbonyl (C=O) groups excluding carboxylic acids is 1. The Morgan fingerprint density at radius 2 is 1.70 bits per heavy atom. The molecule has 27 heavy (non-hydrogen) atoms. The third kappa shape index (κ3) is 3.74. The van der Waals surface area contributed by atoms with Gasteiger partial charge in [-0.05, 0) is 36.4 Å². The molecule has 3 aromatic carbocycles. The number of rotatable bonds is 3. The summed E-state index contributed by atoms with van der Waals surface area (Å²) >= 11 is 12.5. The highest BCUT2D eigenvalue weighted by Crippen LogP contribution is 2.34. The number of aromatic nitrogens is 2. The lowest BCUT2D eigenvalue weighted by Gasteiger charge is -2.06. The molecule has 0 atom stereocenters. The SMILES string of the molecule is O=C(Nc1ccccc1)Oc1ccc2nc(-c3c(Cl)cccc3Cl)[nH]c2c1. The summed E-state index contributed by atoms with van der Waals surface area (Å²) in [5.41, 5.74) is 2.69. The highest BCUT2D eigenvalue weighted by atomic mass is 35.5. The molecule has 1 heterocycles. The van der Waals surface area contributed by atoms with Crippen LogP contribution in [0.3, 0.4) is 0 Å². The van der Waals surface area contributed by atoms with Gasteiger partial charge in [0, 0.05) is 11.8 Å². The number of hydrogen-bond acceptors (Lipinski definition) is 3. The number of nitrogens with one attached hydrogen (secondary N) is 2. The van der Waals surface area contributed by atoms with E-state index in [4.69, 9.17) is 27.9 Å². The predicted molar refractivity (Wildman–Crippen MR) is 108 cm³/mol. The lowest BCUT2D eigenvalue weighted by molar-refractivity contribution is 0.215. The fraction of sp³-hybridized carbons (Fsp3) is 0. The van der Waals surface area contributed by atoms with Crippen molar-refractivity contribution in [2.45, 2.75) is 0 Å². The Kier molecular flexibility index (Phi) is 4.71. The molecule has 0 aliphatic carbocycles. The number of aromatic amines is 1. The summed E-state index contributed by atoms with van der Waals surface area (Å²) in [5.74, 6) is 0.933. The molecule has 4 aromatic rings. The molecule has 7 heteroatoms. The molecule has 0 unspecified atom stereocenters. The van der Waals surface area contributed by atoms with E-state index in [1.807, 2.05) is 18.2 Å². The second-order valence-corrected chi connectivity index (χ2v) is 6.56. The zero-order chi connectivity index (χ0) is 18.8. The van der Waals surface area contributed by atoms with E-state index < -0.39 is 6.09 Å². The minimum atomic E-state index is -0.575. The Labute approximate surface area is 164 Å². The topological polar surface area (TPSA) is 67.0 Å². The highest BCUT2D eigenvalue weighted by molar-refractivity contribution is 6.39. The molecule has 0 spiro atoms. The zero-order valence-electron chi connectivity index (χ0n) is 13.9. The first-order valence-corrected chi connectivity index (χ1v) is 8.84. The van der Waals surface area contributed by atoms with Crippen molar-refractivity contribution in [1.29, 1.82) is 0 Å². The number of H-pyrrole nitrogens is 1. The van der Waals surface area contributed by atoms with E-state index in [0.29, 0.717) is 43.9 Å². The van der Waals surface area contributed by atoms with Crippen LogP contribution in [-0.4, -0.2) is 16.1 Å². The highest BCUT2D eigenvalue weighted by Gasteiger charge is 2.14. The summed E-state index contributed by atoms with van der Waals surface area (Å²) in [6, 6.07) is 19.5. The van der Waals surface area contributed by atoms with Crippen LogP contribution in [0.5, 0.6) is 5.75 Å². The fourth-order valence-corrected chi connectivity index (χ4v) is 3.24. The molecular weight excluding hydrogens is 385 g/mol. The number of anilines is 1. The molecule has 5 nitrogen and oxygen atoms in total. The quantitative estimate of drug-likeness (QED) is 0.435. The molecule has 0 saturated carbocycles. The number of para-hydroxylation sites is 1. The Hall–Kier alpha value is -3.02. The molecule has 0 radical (unpaired) electrons.